The first-order valence-corrected chi connectivity index (χ1v) is 8.49. The molecule has 0 atom stereocenters. The average Bonchev–Trinajstić information content (AvgIpc) is 2.98. The highest BCUT2D eigenvalue weighted by Gasteiger charge is 2.16. The van der Waals surface area contributed by atoms with Gasteiger partial charge in [-0.1, -0.05) is 31.0 Å². The van der Waals surface area contributed by atoms with E-state index < -0.39 is 0 Å². The van der Waals surface area contributed by atoms with Crippen LogP contribution in [0, 0.1) is 5.92 Å². The predicted octanol–water partition coefficient (Wildman–Crippen LogP) is 4.34. The van der Waals surface area contributed by atoms with Gasteiger partial charge in [-0.25, -0.2) is 9.97 Å². The van der Waals surface area contributed by atoms with Crippen molar-refractivity contribution in [1.29, 1.82) is 0 Å². The number of aromatic nitrogens is 2. The quantitative estimate of drug-likeness (QED) is 0.655. The van der Waals surface area contributed by atoms with E-state index >= 15 is 0 Å². The van der Waals surface area contributed by atoms with Crippen LogP contribution in [0.25, 0.3) is 10.9 Å². The third-order valence-electron chi connectivity index (χ3n) is 3.83. The van der Waals surface area contributed by atoms with Gasteiger partial charge in [0.05, 0.1) is 5.52 Å². The molecule has 2 aromatic rings. The Kier molecular flexibility index (Phi) is 4.41. The van der Waals surface area contributed by atoms with Gasteiger partial charge in [0.1, 0.15) is 5.03 Å². The third-order valence-corrected chi connectivity index (χ3v) is 5.06. The van der Waals surface area contributed by atoms with Crippen molar-refractivity contribution in [3.63, 3.8) is 0 Å². The van der Waals surface area contributed by atoms with Crippen molar-refractivity contribution in [3.8, 4) is 0 Å². The lowest BCUT2D eigenvalue weighted by Crippen LogP contribution is -2.04. The highest BCUT2D eigenvalue weighted by Crippen LogP contribution is 2.33. The lowest BCUT2D eigenvalue weighted by atomic mass is 10.1. The molecule has 1 fully saturated rings. The summed E-state index contributed by atoms with van der Waals surface area (Å²) in [5.74, 6) is 2.81. The van der Waals surface area contributed by atoms with Gasteiger partial charge in [0, 0.05) is 17.7 Å². The molecule has 1 aliphatic carbocycles. The Morgan fingerprint density at radius 1 is 1.20 bits per heavy atom. The molecule has 0 bridgehead atoms. The minimum atomic E-state index is 0.750. The smallest absolute Gasteiger partial charge is 0.224 e. The Morgan fingerprint density at radius 2 is 2.00 bits per heavy atom. The molecule has 20 heavy (non-hydrogen) atoms. The number of fused-ring (bicyclic) bond motifs is 1. The van der Waals surface area contributed by atoms with E-state index in [1.54, 1.807) is 0 Å². The monoisotopic (exact) mass is 287 g/mol. The van der Waals surface area contributed by atoms with Gasteiger partial charge in [-0.15, -0.1) is 11.8 Å². The summed E-state index contributed by atoms with van der Waals surface area (Å²) in [6.07, 6.45) is 5.57. The maximum absolute atomic E-state index is 4.69. The van der Waals surface area contributed by atoms with Crippen molar-refractivity contribution in [1.82, 2.24) is 9.97 Å². The van der Waals surface area contributed by atoms with E-state index in [0.717, 1.165) is 29.0 Å². The summed E-state index contributed by atoms with van der Waals surface area (Å²) in [6, 6.07) is 8.30. The molecule has 1 aromatic carbocycles. The fourth-order valence-electron chi connectivity index (χ4n) is 2.77. The molecule has 0 spiro atoms. The fraction of sp³-hybridized carbons (Fsp3) is 0.500. The SMILES string of the molecule is CCNc1nc(SCC2CCCC2)c2ccccc2n1. The predicted molar refractivity (Wildman–Crippen MR) is 86.4 cm³/mol. The number of hydrogen-bond acceptors (Lipinski definition) is 4. The van der Waals surface area contributed by atoms with E-state index in [1.807, 2.05) is 17.8 Å². The minimum absolute atomic E-state index is 0.750. The molecule has 4 heteroatoms. The summed E-state index contributed by atoms with van der Waals surface area (Å²) in [4.78, 5) is 9.26. The van der Waals surface area contributed by atoms with Crippen molar-refractivity contribution in [2.75, 3.05) is 17.6 Å². The highest BCUT2D eigenvalue weighted by molar-refractivity contribution is 7.99. The van der Waals surface area contributed by atoms with Crippen molar-refractivity contribution < 1.29 is 0 Å². The Balaban J connectivity index is 1.86. The topological polar surface area (TPSA) is 37.8 Å². The van der Waals surface area contributed by atoms with E-state index in [2.05, 4.69) is 35.4 Å². The van der Waals surface area contributed by atoms with E-state index in [9.17, 15) is 0 Å². The van der Waals surface area contributed by atoms with Crippen LogP contribution >= 0.6 is 11.8 Å². The van der Waals surface area contributed by atoms with Gasteiger partial charge in [-0.3, -0.25) is 0 Å². The summed E-state index contributed by atoms with van der Waals surface area (Å²) in [5, 5.41) is 5.53. The maximum atomic E-state index is 4.69. The molecule has 0 unspecified atom stereocenters. The van der Waals surface area contributed by atoms with Crippen LogP contribution in [0.4, 0.5) is 5.95 Å². The molecule has 106 valence electrons. The molecule has 0 amide bonds. The van der Waals surface area contributed by atoms with Crippen molar-refractivity contribution in [2.45, 2.75) is 37.6 Å². The number of rotatable bonds is 5. The van der Waals surface area contributed by atoms with Crippen LogP contribution in [-0.2, 0) is 0 Å². The number of anilines is 1. The van der Waals surface area contributed by atoms with Gasteiger partial charge in [0.2, 0.25) is 5.95 Å². The largest absolute Gasteiger partial charge is 0.354 e. The first-order valence-electron chi connectivity index (χ1n) is 7.50. The Hall–Kier alpha value is -1.29. The van der Waals surface area contributed by atoms with E-state index in [-0.39, 0.29) is 0 Å². The molecule has 1 heterocycles. The number of nitrogens with zero attached hydrogens (tertiary/aromatic N) is 2. The third kappa shape index (κ3) is 3.06. The number of benzene rings is 1. The first-order chi connectivity index (χ1) is 9.86. The van der Waals surface area contributed by atoms with Crippen LogP contribution in [-0.4, -0.2) is 22.3 Å². The minimum Gasteiger partial charge on any atom is -0.354 e. The Morgan fingerprint density at radius 3 is 2.80 bits per heavy atom. The molecular formula is C16H21N3S. The molecular weight excluding hydrogens is 266 g/mol. The van der Waals surface area contributed by atoms with Crippen LogP contribution in [0.15, 0.2) is 29.3 Å². The fourth-order valence-corrected chi connectivity index (χ4v) is 3.97. The van der Waals surface area contributed by atoms with Crippen molar-refractivity contribution in [2.24, 2.45) is 5.92 Å². The number of hydrogen-bond donors (Lipinski definition) is 1. The summed E-state index contributed by atoms with van der Waals surface area (Å²) in [6.45, 7) is 2.93. The van der Waals surface area contributed by atoms with Gasteiger partial charge in [0.25, 0.3) is 0 Å². The zero-order valence-corrected chi connectivity index (χ0v) is 12.7. The molecule has 1 N–H and O–H groups in total. The second-order valence-electron chi connectivity index (χ2n) is 5.36. The van der Waals surface area contributed by atoms with Crippen LogP contribution in [0.1, 0.15) is 32.6 Å². The van der Waals surface area contributed by atoms with E-state index in [4.69, 9.17) is 4.98 Å². The van der Waals surface area contributed by atoms with Gasteiger partial charge < -0.3 is 5.32 Å². The average molecular weight is 287 g/mol. The lowest BCUT2D eigenvalue weighted by molar-refractivity contribution is 0.623. The van der Waals surface area contributed by atoms with E-state index in [0.29, 0.717) is 0 Å². The molecule has 3 nitrogen and oxygen atoms in total. The molecule has 1 aromatic heterocycles. The number of thioether (sulfide) groups is 1. The standard InChI is InChI=1S/C16H21N3S/c1-2-17-16-18-14-10-6-5-9-13(14)15(19-16)20-11-12-7-3-4-8-12/h5-6,9-10,12H,2-4,7-8,11H2,1H3,(H,17,18,19). The van der Waals surface area contributed by atoms with Crippen LogP contribution in [0.3, 0.4) is 0 Å². The summed E-state index contributed by atoms with van der Waals surface area (Å²) >= 11 is 1.90. The summed E-state index contributed by atoms with van der Waals surface area (Å²) in [5.41, 5.74) is 1.03. The Labute approximate surface area is 124 Å². The zero-order valence-electron chi connectivity index (χ0n) is 11.9. The molecule has 0 saturated heterocycles. The van der Waals surface area contributed by atoms with Gasteiger partial charge in [-0.05, 0) is 31.7 Å². The highest BCUT2D eigenvalue weighted by atomic mass is 32.2. The second-order valence-corrected chi connectivity index (χ2v) is 6.37. The van der Waals surface area contributed by atoms with Gasteiger partial charge in [0.15, 0.2) is 0 Å². The van der Waals surface area contributed by atoms with Crippen LogP contribution < -0.4 is 5.32 Å². The van der Waals surface area contributed by atoms with Crippen molar-refractivity contribution >= 4 is 28.6 Å². The second kappa shape index (κ2) is 6.44. The molecule has 0 radical (unpaired) electrons. The molecule has 3 rings (SSSR count). The normalized spacial score (nSPS) is 15.8. The Bertz CT molecular complexity index is 579. The van der Waals surface area contributed by atoms with E-state index in [1.165, 1.54) is 36.8 Å². The van der Waals surface area contributed by atoms with Gasteiger partial charge in [-0.2, -0.15) is 0 Å². The lowest BCUT2D eigenvalue weighted by Gasteiger charge is -2.11. The van der Waals surface area contributed by atoms with Gasteiger partial charge >= 0.3 is 0 Å². The molecule has 1 saturated carbocycles. The first kappa shape index (κ1) is 13.7. The number of nitrogens with one attached hydrogen (secondary N) is 1. The summed E-state index contributed by atoms with van der Waals surface area (Å²) in [7, 11) is 0. The number of para-hydroxylation sites is 1. The maximum Gasteiger partial charge on any atom is 0.224 e. The van der Waals surface area contributed by atoms with Crippen molar-refractivity contribution in [3.05, 3.63) is 24.3 Å². The summed E-state index contributed by atoms with van der Waals surface area (Å²) < 4.78 is 0. The molecule has 1 aliphatic rings. The molecule has 0 aliphatic heterocycles. The van der Waals surface area contributed by atoms with Crippen LogP contribution in [0.2, 0.25) is 0 Å². The van der Waals surface area contributed by atoms with Crippen LogP contribution in [0.5, 0.6) is 0 Å². The zero-order chi connectivity index (χ0) is 13.8.